The second-order valence-electron chi connectivity index (χ2n) is 6.60. The summed E-state index contributed by atoms with van der Waals surface area (Å²) < 4.78 is 5.61. The van der Waals surface area contributed by atoms with E-state index in [1.165, 1.54) is 24.8 Å². The van der Waals surface area contributed by atoms with Crippen LogP contribution in [0.25, 0.3) is 11.1 Å². The molecule has 1 aromatic carbocycles. The van der Waals surface area contributed by atoms with Gasteiger partial charge in [0.2, 0.25) is 0 Å². The van der Waals surface area contributed by atoms with Gasteiger partial charge >= 0.3 is 0 Å². The van der Waals surface area contributed by atoms with Crippen LogP contribution < -0.4 is 5.73 Å². The Balaban J connectivity index is 2.00. The molecular formula is C18H24N2O. The lowest BCUT2D eigenvalue weighted by atomic mass is 9.90. The molecule has 3 rings (SSSR count). The first-order valence-electron chi connectivity index (χ1n) is 7.93. The van der Waals surface area contributed by atoms with E-state index in [1.54, 1.807) is 0 Å². The van der Waals surface area contributed by atoms with Crippen molar-refractivity contribution in [2.75, 3.05) is 5.73 Å². The Morgan fingerprint density at radius 1 is 1.19 bits per heavy atom. The largest absolute Gasteiger partial charge is 0.380 e. The molecule has 3 nitrogen and oxygen atoms in total. The summed E-state index contributed by atoms with van der Waals surface area (Å²) in [4.78, 5) is 0. The maximum Gasteiger partial charge on any atom is 0.175 e. The minimum absolute atomic E-state index is 0.453. The summed E-state index contributed by atoms with van der Waals surface area (Å²) in [6.45, 7) is 6.70. The molecule has 1 fully saturated rings. The Hall–Kier alpha value is -1.77. The molecule has 0 saturated heterocycles. The number of rotatable bonds is 3. The monoisotopic (exact) mass is 284 g/mol. The molecule has 2 N–H and O–H groups in total. The van der Waals surface area contributed by atoms with E-state index in [9.17, 15) is 0 Å². The SMILES string of the molecule is CC(C)c1ccc(-c2c(N)noc2C2CCCC2C)cc1. The van der Waals surface area contributed by atoms with E-state index in [2.05, 4.69) is 50.2 Å². The van der Waals surface area contributed by atoms with Crippen LogP contribution in [-0.2, 0) is 0 Å². The van der Waals surface area contributed by atoms with Crippen LogP contribution in [0, 0.1) is 5.92 Å². The fraction of sp³-hybridized carbons (Fsp3) is 0.500. The normalized spacial score (nSPS) is 22.1. The predicted molar refractivity (Wildman–Crippen MR) is 86.2 cm³/mol. The van der Waals surface area contributed by atoms with Gasteiger partial charge in [-0.1, -0.05) is 56.6 Å². The number of anilines is 1. The third kappa shape index (κ3) is 2.57. The number of nitrogens with two attached hydrogens (primary N) is 1. The molecule has 0 aliphatic heterocycles. The number of nitrogens with zero attached hydrogens (tertiary/aromatic N) is 1. The molecule has 1 heterocycles. The third-order valence-electron chi connectivity index (χ3n) is 4.81. The Morgan fingerprint density at radius 2 is 1.90 bits per heavy atom. The van der Waals surface area contributed by atoms with Gasteiger partial charge < -0.3 is 10.3 Å². The van der Waals surface area contributed by atoms with E-state index in [1.807, 2.05) is 0 Å². The van der Waals surface area contributed by atoms with Crippen molar-refractivity contribution < 1.29 is 4.52 Å². The molecule has 2 unspecified atom stereocenters. The van der Waals surface area contributed by atoms with Crippen LogP contribution in [0.5, 0.6) is 0 Å². The van der Waals surface area contributed by atoms with E-state index in [4.69, 9.17) is 10.3 Å². The first-order chi connectivity index (χ1) is 10.1. The second kappa shape index (κ2) is 5.55. The summed E-state index contributed by atoms with van der Waals surface area (Å²) >= 11 is 0. The van der Waals surface area contributed by atoms with Crippen molar-refractivity contribution in [3.05, 3.63) is 35.6 Å². The maximum atomic E-state index is 6.08. The molecule has 0 amide bonds. The van der Waals surface area contributed by atoms with Crippen molar-refractivity contribution in [2.45, 2.75) is 51.9 Å². The summed E-state index contributed by atoms with van der Waals surface area (Å²) in [5, 5.41) is 4.03. The Bertz CT molecular complexity index is 613. The van der Waals surface area contributed by atoms with E-state index >= 15 is 0 Å². The fourth-order valence-electron chi connectivity index (χ4n) is 3.43. The van der Waals surface area contributed by atoms with Crippen molar-refractivity contribution in [1.82, 2.24) is 5.16 Å². The topological polar surface area (TPSA) is 52.0 Å². The quantitative estimate of drug-likeness (QED) is 0.867. The highest BCUT2D eigenvalue weighted by atomic mass is 16.5. The van der Waals surface area contributed by atoms with Crippen molar-refractivity contribution in [3.63, 3.8) is 0 Å². The molecule has 1 aliphatic rings. The molecule has 21 heavy (non-hydrogen) atoms. The average Bonchev–Trinajstić information content (AvgIpc) is 3.04. The van der Waals surface area contributed by atoms with Gasteiger partial charge in [0.25, 0.3) is 0 Å². The fourth-order valence-corrected chi connectivity index (χ4v) is 3.43. The Kier molecular flexibility index (Phi) is 3.75. The number of hydrogen-bond donors (Lipinski definition) is 1. The molecule has 0 spiro atoms. The maximum absolute atomic E-state index is 6.08. The van der Waals surface area contributed by atoms with Crippen LogP contribution >= 0.6 is 0 Å². The molecule has 1 saturated carbocycles. The lowest BCUT2D eigenvalue weighted by Gasteiger charge is -2.14. The summed E-state index contributed by atoms with van der Waals surface area (Å²) in [6, 6.07) is 8.63. The van der Waals surface area contributed by atoms with Gasteiger partial charge in [-0.3, -0.25) is 0 Å². The summed E-state index contributed by atoms with van der Waals surface area (Å²) in [7, 11) is 0. The van der Waals surface area contributed by atoms with Gasteiger partial charge in [-0.2, -0.15) is 0 Å². The van der Waals surface area contributed by atoms with E-state index in [0.717, 1.165) is 16.9 Å². The third-order valence-corrected chi connectivity index (χ3v) is 4.81. The van der Waals surface area contributed by atoms with Crippen LogP contribution in [0.15, 0.2) is 28.8 Å². The summed E-state index contributed by atoms with van der Waals surface area (Å²) in [5.41, 5.74) is 9.54. The van der Waals surface area contributed by atoms with Gasteiger partial charge in [0, 0.05) is 5.92 Å². The molecule has 1 aliphatic carbocycles. The molecule has 0 radical (unpaired) electrons. The molecule has 1 aromatic heterocycles. The second-order valence-corrected chi connectivity index (χ2v) is 6.60. The molecule has 3 heteroatoms. The molecule has 2 aromatic rings. The zero-order valence-corrected chi connectivity index (χ0v) is 13.1. The number of nitrogen functional groups attached to an aromatic ring is 1. The van der Waals surface area contributed by atoms with E-state index < -0.39 is 0 Å². The molecular weight excluding hydrogens is 260 g/mol. The minimum Gasteiger partial charge on any atom is -0.380 e. The van der Waals surface area contributed by atoms with Gasteiger partial charge in [0.05, 0.1) is 5.56 Å². The van der Waals surface area contributed by atoms with Gasteiger partial charge in [-0.05, 0) is 35.8 Å². The lowest BCUT2D eigenvalue weighted by molar-refractivity contribution is 0.341. The number of aromatic nitrogens is 1. The molecule has 112 valence electrons. The summed E-state index contributed by atoms with van der Waals surface area (Å²) in [5.74, 6) is 3.13. The van der Waals surface area contributed by atoms with Crippen LogP contribution in [0.4, 0.5) is 5.82 Å². The van der Waals surface area contributed by atoms with Gasteiger partial charge in [-0.15, -0.1) is 0 Å². The van der Waals surface area contributed by atoms with Gasteiger partial charge in [0.15, 0.2) is 5.82 Å². The smallest absolute Gasteiger partial charge is 0.175 e. The predicted octanol–water partition coefficient (Wildman–Crippen LogP) is 4.95. The Labute approximate surface area is 126 Å². The van der Waals surface area contributed by atoms with Crippen molar-refractivity contribution in [2.24, 2.45) is 5.92 Å². The lowest BCUT2D eigenvalue weighted by Crippen LogP contribution is -2.02. The van der Waals surface area contributed by atoms with Crippen LogP contribution in [0.3, 0.4) is 0 Å². The number of benzene rings is 1. The minimum atomic E-state index is 0.453. The highest BCUT2D eigenvalue weighted by molar-refractivity contribution is 5.76. The van der Waals surface area contributed by atoms with E-state index in [0.29, 0.717) is 23.6 Å². The van der Waals surface area contributed by atoms with Crippen molar-refractivity contribution in [3.8, 4) is 11.1 Å². The highest BCUT2D eigenvalue weighted by Crippen LogP contribution is 2.44. The molecule has 2 atom stereocenters. The standard InChI is InChI=1S/C18H24N2O/c1-11(2)13-7-9-14(10-8-13)16-17(21-20-18(16)19)15-6-4-5-12(15)3/h7-12,15H,4-6H2,1-3H3,(H2,19,20). The van der Waals surface area contributed by atoms with Gasteiger partial charge in [0.1, 0.15) is 5.76 Å². The van der Waals surface area contributed by atoms with Crippen molar-refractivity contribution >= 4 is 5.82 Å². The zero-order chi connectivity index (χ0) is 15.0. The first-order valence-corrected chi connectivity index (χ1v) is 7.93. The van der Waals surface area contributed by atoms with Crippen LogP contribution in [-0.4, -0.2) is 5.16 Å². The zero-order valence-electron chi connectivity index (χ0n) is 13.1. The van der Waals surface area contributed by atoms with E-state index in [-0.39, 0.29) is 0 Å². The van der Waals surface area contributed by atoms with Crippen molar-refractivity contribution in [1.29, 1.82) is 0 Å². The van der Waals surface area contributed by atoms with Crippen LogP contribution in [0.2, 0.25) is 0 Å². The molecule has 0 bridgehead atoms. The average molecular weight is 284 g/mol. The van der Waals surface area contributed by atoms with Gasteiger partial charge in [-0.25, -0.2) is 0 Å². The van der Waals surface area contributed by atoms with Crippen LogP contribution in [0.1, 0.15) is 63.2 Å². The number of hydrogen-bond acceptors (Lipinski definition) is 3. The highest BCUT2D eigenvalue weighted by Gasteiger charge is 2.32. The Morgan fingerprint density at radius 3 is 2.48 bits per heavy atom. The first kappa shape index (κ1) is 14.2. The summed E-state index contributed by atoms with van der Waals surface area (Å²) in [6.07, 6.45) is 3.70.